The van der Waals surface area contributed by atoms with Crippen molar-refractivity contribution in [2.24, 2.45) is 5.41 Å². The van der Waals surface area contributed by atoms with Gasteiger partial charge in [0.05, 0.1) is 5.52 Å². The van der Waals surface area contributed by atoms with Gasteiger partial charge in [0.25, 0.3) is 0 Å². The van der Waals surface area contributed by atoms with Crippen molar-refractivity contribution in [3.8, 4) is 17.2 Å². The molecule has 1 aliphatic heterocycles. The molecule has 220 valence electrons. The summed E-state index contributed by atoms with van der Waals surface area (Å²) in [6, 6.07) is 16.9. The third-order valence-corrected chi connectivity index (χ3v) is 8.59. The lowest BCUT2D eigenvalue weighted by atomic mass is 10.0. The summed E-state index contributed by atoms with van der Waals surface area (Å²) in [5.41, 5.74) is 0.350. The highest BCUT2D eigenvalue weighted by Crippen LogP contribution is 2.48. The van der Waals surface area contributed by atoms with Gasteiger partial charge in [-0.15, -0.1) is 0 Å². The number of carbonyl (C=O) groups excluding carboxylic acids is 2. The summed E-state index contributed by atoms with van der Waals surface area (Å²) in [6.45, 7) is 0.595. The van der Waals surface area contributed by atoms with Crippen molar-refractivity contribution in [2.75, 3.05) is 17.2 Å². The maximum atomic E-state index is 15.1. The molecule has 0 bridgehead atoms. The summed E-state index contributed by atoms with van der Waals surface area (Å²) in [7, 11) is 0. The van der Waals surface area contributed by atoms with E-state index in [9.17, 15) is 14.0 Å². The van der Waals surface area contributed by atoms with E-state index >= 15 is 4.39 Å². The van der Waals surface area contributed by atoms with Crippen LogP contribution >= 0.6 is 0 Å². The predicted octanol–water partition coefficient (Wildman–Crippen LogP) is 6.33. The molecule has 2 amide bonds. The number of carbonyl (C=O) groups is 2. The molecule has 8 nitrogen and oxygen atoms in total. The van der Waals surface area contributed by atoms with Crippen molar-refractivity contribution in [1.29, 1.82) is 0 Å². The van der Waals surface area contributed by atoms with Gasteiger partial charge in [-0.25, -0.2) is 8.78 Å². The molecule has 7 rings (SSSR count). The second kappa shape index (κ2) is 10.6. The highest BCUT2D eigenvalue weighted by atomic mass is 19.1. The van der Waals surface area contributed by atoms with Gasteiger partial charge in [-0.1, -0.05) is 0 Å². The molecular weight excluding hydrogens is 554 g/mol. The van der Waals surface area contributed by atoms with Crippen LogP contribution in [0, 0.1) is 17.0 Å². The first kappa shape index (κ1) is 27.3. The number of nitrogens with zero attached hydrogens (tertiary/aromatic N) is 1. The third kappa shape index (κ3) is 5.62. The normalized spacial score (nSPS) is 19.2. The Bertz CT molecular complexity index is 1720. The number of ether oxygens (including phenoxy) is 2. The molecule has 1 aromatic heterocycles. The molecule has 3 aliphatic rings. The second-order valence-electron chi connectivity index (χ2n) is 11.7. The SMILES string of the molecule is O=C(Nc1ccc(F)cc1)C1(C(=O)Nc2ccc(Oc3ccnc4cc(OCC5CCC6(CC6)N5)ccc34)c(F)c2)CC1. The zero-order valence-electron chi connectivity index (χ0n) is 23.3. The van der Waals surface area contributed by atoms with Crippen molar-refractivity contribution in [3.05, 3.63) is 84.6 Å². The first-order valence-electron chi connectivity index (χ1n) is 14.5. The van der Waals surface area contributed by atoms with Crippen LogP contribution in [-0.4, -0.2) is 35.0 Å². The molecule has 1 unspecified atom stereocenters. The number of hydrogen-bond acceptors (Lipinski definition) is 6. The van der Waals surface area contributed by atoms with Gasteiger partial charge in [-0.2, -0.15) is 0 Å². The van der Waals surface area contributed by atoms with Gasteiger partial charge in [0.1, 0.15) is 29.3 Å². The van der Waals surface area contributed by atoms with Crippen molar-refractivity contribution in [1.82, 2.24) is 10.3 Å². The zero-order chi connectivity index (χ0) is 29.6. The summed E-state index contributed by atoms with van der Waals surface area (Å²) >= 11 is 0. The summed E-state index contributed by atoms with van der Waals surface area (Å²) in [6.07, 6.45) is 7.14. The number of fused-ring (bicyclic) bond motifs is 1. The van der Waals surface area contributed by atoms with Crippen LogP contribution in [-0.2, 0) is 9.59 Å². The van der Waals surface area contributed by atoms with Gasteiger partial charge in [-0.05, 0) is 93.1 Å². The molecule has 1 saturated heterocycles. The monoisotopic (exact) mass is 584 g/mol. The number of rotatable bonds is 9. The largest absolute Gasteiger partial charge is 0.492 e. The maximum absolute atomic E-state index is 15.1. The van der Waals surface area contributed by atoms with E-state index in [4.69, 9.17) is 9.47 Å². The minimum Gasteiger partial charge on any atom is -0.492 e. The first-order chi connectivity index (χ1) is 20.8. The minimum atomic E-state index is -1.26. The van der Waals surface area contributed by atoms with Crippen LogP contribution in [0.1, 0.15) is 38.5 Å². The highest BCUT2D eigenvalue weighted by Gasteiger charge is 2.56. The van der Waals surface area contributed by atoms with Crippen LogP contribution < -0.4 is 25.4 Å². The van der Waals surface area contributed by atoms with Crippen LogP contribution in [0.5, 0.6) is 17.2 Å². The minimum absolute atomic E-state index is 0.0256. The lowest BCUT2D eigenvalue weighted by Gasteiger charge is -2.16. The van der Waals surface area contributed by atoms with E-state index in [1.807, 2.05) is 18.2 Å². The Labute approximate surface area is 246 Å². The zero-order valence-corrected chi connectivity index (χ0v) is 23.3. The van der Waals surface area contributed by atoms with E-state index in [2.05, 4.69) is 20.9 Å². The molecule has 2 aliphatic carbocycles. The van der Waals surface area contributed by atoms with E-state index in [-0.39, 0.29) is 11.4 Å². The Morgan fingerprint density at radius 2 is 1.60 bits per heavy atom. The molecule has 3 fully saturated rings. The van der Waals surface area contributed by atoms with Gasteiger partial charge >= 0.3 is 0 Å². The molecule has 1 atom stereocenters. The molecule has 10 heteroatoms. The van der Waals surface area contributed by atoms with Gasteiger partial charge < -0.3 is 25.4 Å². The topological polar surface area (TPSA) is 102 Å². The smallest absolute Gasteiger partial charge is 0.240 e. The fourth-order valence-corrected chi connectivity index (χ4v) is 5.67. The number of nitrogens with one attached hydrogen (secondary N) is 3. The van der Waals surface area contributed by atoms with Gasteiger partial charge in [0, 0.05) is 46.7 Å². The average Bonchev–Trinajstić information content (AvgIpc) is 3.92. The maximum Gasteiger partial charge on any atom is 0.240 e. The number of aromatic nitrogens is 1. The number of halogens is 2. The molecule has 2 saturated carbocycles. The molecular formula is C33H30F2N4O4. The van der Waals surface area contributed by atoms with Gasteiger partial charge in [0.2, 0.25) is 11.8 Å². The van der Waals surface area contributed by atoms with E-state index in [0.29, 0.717) is 59.1 Å². The fraction of sp³-hybridized carbons (Fsp3) is 0.303. The number of pyridine rings is 1. The average molecular weight is 585 g/mol. The lowest BCUT2D eigenvalue weighted by molar-refractivity contribution is -0.131. The predicted molar refractivity (Wildman–Crippen MR) is 157 cm³/mol. The first-order valence-corrected chi connectivity index (χ1v) is 14.5. The molecule has 43 heavy (non-hydrogen) atoms. The second-order valence-corrected chi connectivity index (χ2v) is 11.7. The fourth-order valence-electron chi connectivity index (χ4n) is 5.67. The van der Waals surface area contributed by atoms with Crippen LogP contribution in [0.25, 0.3) is 10.9 Å². The van der Waals surface area contributed by atoms with Crippen molar-refractivity contribution in [2.45, 2.75) is 50.1 Å². The van der Waals surface area contributed by atoms with E-state index in [0.717, 1.165) is 12.5 Å². The van der Waals surface area contributed by atoms with E-state index < -0.39 is 28.9 Å². The van der Waals surface area contributed by atoms with Crippen LogP contribution in [0.4, 0.5) is 20.2 Å². The Morgan fingerprint density at radius 1 is 0.860 bits per heavy atom. The highest BCUT2D eigenvalue weighted by molar-refractivity contribution is 6.16. The van der Waals surface area contributed by atoms with E-state index in [1.165, 1.54) is 55.7 Å². The summed E-state index contributed by atoms with van der Waals surface area (Å²) in [5, 5.41) is 9.68. The summed E-state index contributed by atoms with van der Waals surface area (Å²) in [5.74, 6) is -1.02. The number of amides is 2. The summed E-state index contributed by atoms with van der Waals surface area (Å²) < 4.78 is 40.3. The number of anilines is 2. The Kier molecular flexibility index (Phi) is 6.73. The quantitative estimate of drug-likeness (QED) is 0.199. The Hall–Kier alpha value is -4.57. The third-order valence-electron chi connectivity index (χ3n) is 8.59. The summed E-state index contributed by atoms with van der Waals surface area (Å²) in [4.78, 5) is 30.2. The molecule has 0 radical (unpaired) electrons. The molecule has 2 heterocycles. The number of benzene rings is 3. The van der Waals surface area contributed by atoms with Gasteiger partial charge in [0.15, 0.2) is 11.6 Å². The molecule has 3 N–H and O–H groups in total. The van der Waals surface area contributed by atoms with E-state index in [1.54, 1.807) is 12.3 Å². The Morgan fingerprint density at radius 3 is 2.30 bits per heavy atom. The van der Waals surface area contributed by atoms with Crippen molar-refractivity contribution in [3.63, 3.8) is 0 Å². The van der Waals surface area contributed by atoms with Crippen LogP contribution in [0.2, 0.25) is 0 Å². The molecule has 1 spiro atoms. The standard InChI is InChI=1S/C33H30F2N4O4/c34-20-1-3-21(4-2-20)37-30(40)33(14-15-33)31(41)38-22-5-8-29(26(35)17-22)43-28-10-16-36-27-18-24(6-7-25(27)28)42-19-23-9-11-32(39-23)12-13-32/h1-8,10,16-18,23,39H,9,11-15,19H2,(H,37,40)(H,38,41). The molecule has 4 aromatic rings. The Balaban J connectivity index is 0.992. The van der Waals surface area contributed by atoms with Crippen molar-refractivity contribution >= 4 is 34.1 Å². The van der Waals surface area contributed by atoms with Crippen molar-refractivity contribution < 1.29 is 27.8 Å². The van der Waals surface area contributed by atoms with Gasteiger partial charge in [-0.3, -0.25) is 14.6 Å². The molecule has 3 aromatic carbocycles. The lowest BCUT2D eigenvalue weighted by Crippen LogP contribution is -2.35. The van der Waals surface area contributed by atoms with Crippen LogP contribution in [0.3, 0.4) is 0 Å². The van der Waals surface area contributed by atoms with Crippen LogP contribution in [0.15, 0.2) is 72.9 Å². The number of hydrogen-bond donors (Lipinski definition) is 3.